The molecule has 0 saturated heterocycles. The van der Waals surface area contributed by atoms with Gasteiger partial charge >= 0.3 is 12.5 Å². The molecular weight excluding hydrogens is 661 g/mol. The predicted octanol–water partition coefficient (Wildman–Crippen LogP) is 4.51. The van der Waals surface area contributed by atoms with Gasteiger partial charge in [-0.15, -0.1) is 13.9 Å². The van der Waals surface area contributed by atoms with Gasteiger partial charge in [0.25, 0.3) is 5.91 Å². The topological polar surface area (TPSA) is 168 Å². The van der Waals surface area contributed by atoms with Gasteiger partial charge in [0.1, 0.15) is 22.7 Å². The molecule has 12 nitrogen and oxygen atoms in total. The van der Waals surface area contributed by atoms with Crippen LogP contribution in [0.1, 0.15) is 53.0 Å². The zero-order chi connectivity index (χ0) is 35.3. The van der Waals surface area contributed by atoms with Crippen molar-refractivity contribution in [1.29, 1.82) is 0 Å². The number of ether oxygens (including phenoxy) is 4. The second kappa shape index (κ2) is 12.3. The van der Waals surface area contributed by atoms with E-state index in [9.17, 15) is 36.6 Å². The Morgan fingerprint density at radius 2 is 1.82 bits per heavy atom. The number of nitrogens with two attached hydrogens (primary N) is 1. The molecule has 0 spiro atoms. The zero-order valence-electron chi connectivity index (χ0n) is 25.9. The molecule has 3 heterocycles. The smallest absolute Gasteiger partial charge is 0.494 e. The lowest BCUT2D eigenvalue weighted by Crippen LogP contribution is -2.51. The number of fused-ring (bicyclic) bond motifs is 2. The number of amides is 2. The van der Waals surface area contributed by atoms with Crippen LogP contribution in [0.5, 0.6) is 23.0 Å². The molecule has 0 radical (unpaired) electrons. The van der Waals surface area contributed by atoms with Gasteiger partial charge in [0, 0.05) is 28.0 Å². The Hall–Kier alpha value is -5.32. The van der Waals surface area contributed by atoms with Gasteiger partial charge in [0.2, 0.25) is 11.5 Å². The Bertz CT molecular complexity index is 1970. The number of primary amides is 1. The third kappa shape index (κ3) is 6.57. The molecule has 2 aliphatic rings. The van der Waals surface area contributed by atoms with Gasteiger partial charge in [-0.2, -0.15) is 18.3 Å². The van der Waals surface area contributed by atoms with Gasteiger partial charge in [-0.25, -0.2) is 4.98 Å². The zero-order valence-corrected chi connectivity index (χ0v) is 25.9. The summed E-state index contributed by atoms with van der Waals surface area (Å²) in [7, 11) is 1.33. The number of nitrogens with zero attached hydrogens (tertiary/aromatic N) is 3. The minimum atomic E-state index is -5.45. The fourth-order valence-corrected chi connectivity index (χ4v) is 5.37. The first kappa shape index (κ1) is 33.6. The van der Waals surface area contributed by atoms with Crippen molar-refractivity contribution in [2.24, 2.45) is 5.73 Å². The quantitative estimate of drug-likeness (QED) is 0.191. The maximum Gasteiger partial charge on any atom is 0.586 e. The Balaban J connectivity index is 1.40. The lowest BCUT2D eigenvalue weighted by Gasteiger charge is -2.31. The highest BCUT2D eigenvalue weighted by atomic mass is 19.4. The van der Waals surface area contributed by atoms with Crippen molar-refractivity contribution >= 4 is 22.7 Å². The lowest BCUT2D eigenvalue weighted by atomic mass is 9.93. The number of carbonyl (C=O) groups excluding carboxylic acids is 2. The van der Waals surface area contributed by atoms with E-state index in [0.717, 1.165) is 31.0 Å². The van der Waals surface area contributed by atoms with E-state index < -0.39 is 54.3 Å². The Morgan fingerprint density at radius 1 is 1.08 bits per heavy atom. The molecule has 1 fully saturated rings. The maximum absolute atomic E-state index is 14.8. The third-order valence-electron chi connectivity index (χ3n) is 7.93. The van der Waals surface area contributed by atoms with E-state index in [-0.39, 0.29) is 52.2 Å². The van der Waals surface area contributed by atoms with Gasteiger partial charge in [0.15, 0.2) is 11.5 Å². The van der Waals surface area contributed by atoms with Crippen LogP contribution in [0.15, 0.2) is 42.5 Å². The summed E-state index contributed by atoms with van der Waals surface area (Å²) in [5.74, 6) is -2.57. The number of hydrogen-bond acceptors (Lipinski definition) is 10. The molecule has 2 amide bonds. The van der Waals surface area contributed by atoms with E-state index >= 15 is 0 Å². The van der Waals surface area contributed by atoms with Gasteiger partial charge < -0.3 is 35.1 Å². The number of aromatic nitrogens is 3. The highest BCUT2D eigenvalue weighted by Crippen LogP contribution is 2.46. The molecule has 0 unspecified atom stereocenters. The molecule has 49 heavy (non-hydrogen) atoms. The van der Waals surface area contributed by atoms with Crippen molar-refractivity contribution in [2.75, 3.05) is 20.3 Å². The summed E-state index contributed by atoms with van der Waals surface area (Å²) in [4.78, 5) is 29.4. The summed E-state index contributed by atoms with van der Waals surface area (Å²) < 4.78 is 91.8. The SMILES string of the molecule is CCOc1c(CC(N)=O)cc([C@@](O)(CNC(=O)c2cc(OC)c3nnc(C4CC4)cc3c2)C(F)(F)F)nc1-c1ccc2c(c1)OC(F)(F)O2. The second-order valence-corrected chi connectivity index (χ2v) is 11.4. The number of pyridine rings is 1. The van der Waals surface area contributed by atoms with Crippen LogP contribution in [0.25, 0.3) is 22.2 Å². The molecule has 17 heteroatoms. The minimum Gasteiger partial charge on any atom is -0.494 e. The first-order chi connectivity index (χ1) is 23.1. The van der Waals surface area contributed by atoms with Crippen LogP contribution in [0, 0.1) is 0 Å². The summed E-state index contributed by atoms with van der Waals surface area (Å²) in [6.45, 7) is 0.0704. The number of aliphatic hydroxyl groups is 1. The van der Waals surface area contributed by atoms with Gasteiger partial charge in [0.05, 0.1) is 38.1 Å². The summed E-state index contributed by atoms with van der Waals surface area (Å²) in [6.07, 6.45) is -8.23. The maximum atomic E-state index is 14.8. The number of alkyl halides is 5. The van der Waals surface area contributed by atoms with E-state index in [0.29, 0.717) is 16.6 Å². The van der Waals surface area contributed by atoms with E-state index in [1.54, 1.807) is 13.0 Å². The molecule has 2 aromatic carbocycles. The lowest BCUT2D eigenvalue weighted by molar-refractivity contribution is -0.286. The predicted molar refractivity (Wildman–Crippen MR) is 160 cm³/mol. The molecule has 0 bridgehead atoms. The van der Waals surface area contributed by atoms with E-state index in [1.165, 1.54) is 25.3 Å². The molecule has 258 valence electrons. The highest BCUT2D eigenvalue weighted by molar-refractivity contribution is 6.00. The van der Waals surface area contributed by atoms with E-state index in [2.05, 4.69) is 30.0 Å². The Morgan fingerprint density at radius 3 is 2.47 bits per heavy atom. The standard InChI is InChI=1S/C32H28F5N5O7/c1-3-47-28-18(13-25(38)43)12-24(40-27(28)16-6-7-21-22(10-16)49-32(36,37)48-21)30(45,31(33,34)35)14-39-29(44)19-8-17-9-20(15-4-5-15)41-42-26(17)23(11-19)46-2/h6-12,15,45H,3-5,13-14H2,1-2H3,(H2,38,43)(H,39,44)/t30-/m0/s1. The van der Waals surface area contributed by atoms with E-state index in [1.807, 2.05) is 0 Å². The first-order valence-electron chi connectivity index (χ1n) is 14.9. The molecule has 1 aliphatic heterocycles. The van der Waals surface area contributed by atoms with Gasteiger partial charge in [-0.3, -0.25) is 9.59 Å². The molecule has 1 saturated carbocycles. The monoisotopic (exact) mass is 689 g/mol. The number of benzene rings is 2. The number of carbonyl (C=O) groups is 2. The van der Waals surface area contributed by atoms with Crippen molar-refractivity contribution in [1.82, 2.24) is 20.5 Å². The van der Waals surface area contributed by atoms with Gasteiger partial charge in [-0.05, 0) is 62.2 Å². The fraction of sp³-hybridized carbons (Fsp3) is 0.344. The molecule has 1 atom stereocenters. The van der Waals surface area contributed by atoms with Crippen LogP contribution >= 0.6 is 0 Å². The average Bonchev–Trinajstić information content (AvgIpc) is 3.84. The first-order valence-corrected chi connectivity index (χ1v) is 14.9. The van der Waals surface area contributed by atoms with E-state index in [4.69, 9.17) is 15.2 Å². The number of rotatable bonds is 11. The summed E-state index contributed by atoms with van der Waals surface area (Å²) >= 11 is 0. The van der Waals surface area contributed by atoms with Crippen molar-refractivity contribution in [3.05, 3.63) is 65.0 Å². The highest BCUT2D eigenvalue weighted by Gasteiger charge is 2.57. The van der Waals surface area contributed by atoms with Crippen LogP contribution in [0.4, 0.5) is 22.0 Å². The normalized spacial score (nSPS) is 16.2. The second-order valence-electron chi connectivity index (χ2n) is 11.4. The van der Waals surface area contributed by atoms with Crippen LogP contribution in [0.3, 0.4) is 0 Å². The minimum absolute atomic E-state index is 0.0506. The number of methoxy groups -OCH3 is 1. The number of nitrogens with one attached hydrogen (secondary N) is 1. The third-order valence-corrected chi connectivity index (χ3v) is 7.93. The van der Waals surface area contributed by atoms with Crippen LogP contribution in [-0.4, -0.2) is 64.8 Å². The van der Waals surface area contributed by atoms with Crippen molar-refractivity contribution in [3.63, 3.8) is 0 Å². The average molecular weight is 690 g/mol. The van der Waals surface area contributed by atoms with Gasteiger partial charge in [-0.1, -0.05) is 0 Å². The number of hydrogen-bond donors (Lipinski definition) is 3. The fourth-order valence-electron chi connectivity index (χ4n) is 5.37. The van der Waals surface area contributed by atoms with Crippen molar-refractivity contribution in [2.45, 2.75) is 50.2 Å². The summed E-state index contributed by atoms with van der Waals surface area (Å²) in [6, 6.07) is 8.52. The van der Waals surface area contributed by atoms with Crippen LogP contribution in [-0.2, 0) is 16.8 Å². The van der Waals surface area contributed by atoms with Crippen LogP contribution < -0.4 is 30.0 Å². The largest absolute Gasteiger partial charge is 0.586 e. The Labute approximate surface area is 274 Å². The summed E-state index contributed by atoms with van der Waals surface area (Å²) in [5, 5.41) is 22.3. The molecule has 4 N–H and O–H groups in total. The number of halogens is 5. The van der Waals surface area contributed by atoms with Crippen LogP contribution in [0.2, 0.25) is 0 Å². The Kier molecular flexibility index (Phi) is 8.42. The van der Waals surface area contributed by atoms with Crippen molar-refractivity contribution < 1.29 is 55.6 Å². The molecule has 2 aromatic heterocycles. The molecule has 4 aromatic rings. The van der Waals surface area contributed by atoms with Crippen molar-refractivity contribution in [3.8, 4) is 34.3 Å². The molecular formula is C32H28F5N5O7. The molecule has 6 rings (SSSR count). The molecule has 1 aliphatic carbocycles. The summed E-state index contributed by atoms with van der Waals surface area (Å²) in [5.41, 5.74) is 0.822.